The lowest BCUT2D eigenvalue weighted by Gasteiger charge is -2.18. The molecule has 0 amide bonds. The Bertz CT molecular complexity index is 542. The molecule has 102 valence electrons. The van der Waals surface area contributed by atoms with Gasteiger partial charge in [-0.1, -0.05) is 0 Å². The van der Waals surface area contributed by atoms with Gasteiger partial charge in [0.25, 0.3) is 0 Å². The summed E-state index contributed by atoms with van der Waals surface area (Å²) in [6.07, 6.45) is -4.67. The van der Waals surface area contributed by atoms with Crippen molar-refractivity contribution in [1.82, 2.24) is 4.31 Å². The number of anilines is 1. The third-order valence-electron chi connectivity index (χ3n) is 2.08. The first-order valence-corrected chi connectivity index (χ1v) is 6.06. The summed E-state index contributed by atoms with van der Waals surface area (Å²) in [5.74, 6) is -1.00. The van der Waals surface area contributed by atoms with E-state index in [0.717, 1.165) is 19.2 Å². The van der Waals surface area contributed by atoms with Crippen LogP contribution in [0.4, 0.5) is 23.2 Å². The van der Waals surface area contributed by atoms with Crippen molar-refractivity contribution in [2.75, 3.05) is 19.3 Å². The quantitative estimate of drug-likeness (QED) is 0.678. The van der Waals surface area contributed by atoms with Gasteiger partial charge >= 0.3 is 6.18 Å². The topological polar surface area (TPSA) is 63.4 Å². The third-order valence-corrected chi connectivity index (χ3v) is 3.88. The van der Waals surface area contributed by atoms with Crippen LogP contribution in [-0.4, -0.2) is 32.5 Å². The van der Waals surface area contributed by atoms with E-state index >= 15 is 0 Å². The van der Waals surface area contributed by atoms with Gasteiger partial charge in [-0.3, -0.25) is 0 Å². The van der Waals surface area contributed by atoms with Gasteiger partial charge in [0, 0.05) is 7.05 Å². The minimum absolute atomic E-state index is 0.0952. The maximum absolute atomic E-state index is 13.1. The number of hydrogen-bond acceptors (Lipinski definition) is 3. The summed E-state index contributed by atoms with van der Waals surface area (Å²) in [7, 11) is -3.63. The number of nitrogens with two attached hydrogens (primary N) is 1. The summed E-state index contributed by atoms with van der Waals surface area (Å²) in [6.45, 7) is -1.65. The molecule has 0 atom stereocenters. The number of benzene rings is 1. The van der Waals surface area contributed by atoms with Crippen LogP contribution in [0.15, 0.2) is 23.1 Å². The molecule has 0 saturated carbocycles. The number of nitrogen functional groups attached to an aromatic ring is 1. The van der Waals surface area contributed by atoms with Gasteiger partial charge in [-0.25, -0.2) is 12.8 Å². The highest BCUT2D eigenvalue weighted by atomic mass is 32.2. The lowest BCUT2D eigenvalue weighted by atomic mass is 10.3. The van der Waals surface area contributed by atoms with Crippen molar-refractivity contribution >= 4 is 15.7 Å². The van der Waals surface area contributed by atoms with E-state index in [9.17, 15) is 26.0 Å². The average Bonchev–Trinajstić information content (AvgIpc) is 2.19. The molecule has 4 nitrogen and oxygen atoms in total. The van der Waals surface area contributed by atoms with Crippen LogP contribution >= 0.6 is 0 Å². The number of alkyl halides is 3. The fraction of sp³-hybridized carbons (Fsp3) is 0.333. The summed E-state index contributed by atoms with van der Waals surface area (Å²) in [6, 6.07) is 2.50. The number of rotatable bonds is 3. The Morgan fingerprint density at radius 2 is 1.89 bits per heavy atom. The Labute approximate surface area is 101 Å². The molecular weight excluding hydrogens is 276 g/mol. The molecule has 0 aliphatic heterocycles. The number of hydrogen-bond donors (Lipinski definition) is 1. The highest BCUT2D eigenvalue weighted by Crippen LogP contribution is 2.23. The number of halogens is 4. The van der Waals surface area contributed by atoms with Gasteiger partial charge in [-0.05, 0) is 18.2 Å². The summed E-state index contributed by atoms with van der Waals surface area (Å²) in [5, 5.41) is 0. The third kappa shape index (κ3) is 3.33. The minimum Gasteiger partial charge on any atom is -0.396 e. The van der Waals surface area contributed by atoms with E-state index < -0.39 is 33.5 Å². The molecule has 0 radical (unpaired) electrons. The molecule has 0 unspecified atom stereocenters. The second-order valence-electron chi connectivity index (χ2n) is 3.56. The molecule has 0 aliphatic rings. The Morgan fingerprint density at radius 3 is 2.33 bits per heavy atom. The fourth-order valence-electron chi connectivity index (χ4n) is 1.19. The average molecular weight is 286 g/mol. The molecule has 1 aromatic carbocycles. The first kappa shape index (κ1) is 14.7. The molecule has 18 heavy (non-hydrogen) atoms. The lowest BCUT2D eigenvalue weighted by molar-refractivity contribution is -0.134. The van der Waals surface area contributed by atoms with Crippen molar-refractivity contribution in [3.63, 3.8) is 0 Å². The van der Waals surface area contributed by atoms with Crippen molar-refractivity contribution in [1.29, 1.82) is 0 Å². The van der Waals surface area contributed by atoms with Gasteiger partial charge in [0.15, 0.2) is 0 Å². The Morgan fingerprint density at radius 1 is 1.33 bits per heavy atom. The molecule has 1 aromatic rings. The molecule has 1 rings (SSSR count). The van der Waals surface area contributed by atoms with Gasteiger partial charge in [0.05, 0.1) is 10.6 Å². The molecule has 2 N–H and O–H groups in total. The van der Waals surface area contributed by atoms with E-state index in [2.05, 4.69) is 0 Å². The van der Waals surface area contributed by atoms with Crippen molar-refractivity contribution in [3.05, 3.63) is 24.0 Å². The molecule has 0 spiro atoms. The van der Waals surface area contributed by atoms with Crippen LogP contribution in [0.25, 0.3) is 0 Å². The molecule has 0 aliphatic carbocycles. The van der Waals surface area contributed by atoms with Crippen LogP contribution in [0.3, 0.4) is 0 Å². The summed E-state index contributed by atoms with van der Waals surface area (Å²) >= 11 is 0. The summed E-state index contributed by atoms with van der Waals surface area (Å²) in [4.78, 5) is -0.582. The van der Waals surface area contributed by atoms with Crippen LogP contribution in [0, 0.1) is 5.82 Å². The molecule has 0 bridgehead atoms. The second kappa shape index (κ2) is 4.73. The Balaban J connectivity index is 3.10. The summed E-state index contributed by atoms with van der Waals surface area (Å²) < 4.78 is 72.8. The molecule has 0 heterocycles. The van der Waals surface area contributed by atoms with E-state index in [-0.39, 0.29) is 9.99 Å². The van der Waals surface area contributed by atoms with E-state index in [4.69, 9.17) is 5.73 Å². The highest BCUT2D eigenvalue weighted by Gasteiger charge is 2.34. The van der Waals surface area contributed by atoms with Gasteiger partial charge in [0.2, 0.25) is 10.0 Å². The maximum atomic E-state index is 13.1. The highest BCUT2D eigenvalue weighted by molar-refractivity contribution is 7.89. The van der Waals surface area contributed by atoms with Crippen LogP contribution in [0.2, 0.25) is 0 Å². The molecule has 0 saturated heterocycles. The zero-order chi connectivity index (χ0) is 14.1. The SMILES string of the molecule is CN(CC(F)(F)F)S(=O)(=O)c1ccc(N)c(F)c1. The van der Waals surface area contributed by atoms with Gasteiger partial charge in [0.1, 0.15) is 12.4 Å². The van der Waals surface area contributed by atoms with E-state index in [1.54, 1.807) is 0 Å². The van der Waals surface area contributed by atoms with Crippen molar-refractivity contribution < 1.29 is 26.0 Å². The zero-order valence-corrected chi connectivity index (χ0v) is 10.0. The van der Waals surface area contributed by atoms with Gasteiger partial charge in [-0.2, -0.15) is 17.5 Å². The normalized spacial score (nSPS) is 13.0. The lowest BCUT2D eigenvalue weighted by Crippen LogP contribution is -2.35. The first-order chi connectivity index (χ1) is 8.04. The molecule has 0 fully saturated rings. The van der Waals surface area contributed by atoms with E-state index in [0.29, 0.717) is 6.07 Å². The Hall–Kier alpha value is -1.35. The van der Waals surface area contributed by atoms with Gasteiger partial charge in [-0.15, -0.1) is 0 Å². The molecule has 9 heteroatoms. The molecular formula is C9H10F4N2O2S. The van der Waals surface area contributed by atoms with Crippen LogP contribution in [0.1, 0.15) is 0 Å². The van der Waals surface area contributed by atoms with E-state index in [1.807, 2.05) is 0 Å². The van der Waals surface area contributed by atoms with Crippen LogP contribution in [-0.2, 0) is 10.0 Å². The first-order valence-electron chi connectivity index (χ1n) is 4.62. The van der Waals surface area contributed by atoms with E-state index in [1.165, 1.54) is 0 Å². The second-order valence-corrected chi connectivity index (χ2v) is 5.60. The van der Waals surface area contributed by atoms with Crippen LogP contribution in [0.5, 0.6) is 0 Å². The summed E-state index contributed by atoms with van der Waals surface area (Å²) in [5.41, 5.74) is 4.86. The maximum Gasteiger partial charge on any atom is 0.402 e. The number of sulfonamides is 1. The smallest absolute Gasteiger partial charge is 0.396 e. The fourth-order valence-corrected chi connectivity index (χ4v) is 2.35. The van der Waals surface area contributed by atoms with Crippen molar-refractivity contribution in [3.8, 4) is 0 Å². The predicted molar refractivity (Wildman–Crippen MR) is 56.7 cm³/mol. The van der Waals surface area contributed by atoms with Crippen LogP contribution < -0.4 is 5.73 Å². The molecule has 0 aromatic heterocycles. The largest absolute Gasteiger partial charge is 0.402 e. The standard InChI is InChI=1S/C9H10F4N2O2S/c1-15(5-9(11,12)13)18(16,17)6-2-3-8(14)7(10)4-6/h2-4H,5,14H2,1H3. The predicted octanol–water partition coefficient (Wildman–Crippen LogP) is 1.59. The Kier molecular flexibility index (Phi) is 3.86. The van der Waals surface area contributed by atoms with Crippen molar-refractivity contribution in [2.45, 2.75) is 11.1 Å². The number of nitrogens with zero attached hydrogens (tertiary/aromatic N) is 1. The zero-order valence-electron chi connectivity index (χ0n) is 9.20. The van der Waals surface area contributed by atoms with Gasteiger partial charge < -0.3 is 5.73 Å². The van der Waals surface area contributed by atoms with Crippen molar-refractivity contribution in [2.24, 2.45) is 0 Å². The monoisotopic (exact) mass is 286 g/mol. The minimum atomic E-state index is -4.67.